The van der Waals surface area contributed by atoms with Gasteiger partial charge in [-0.1, -0.05) is 0 Å². The van der Waals surface area contributed by atoms with Crippen molar-refractivity contribution < 1.29 is 70.3 Å². The van der Waals surface area contributed by atoms with Gasteiger partial charge in [0.25, 0.3) is 0 Å². The number of rotatable bonds is 0. The summed E-state index contributed by atoms with van der Waals surface area (Å²) in [5, 5.41) is 0. The van der Waals surface area contributed by atoms with Gasteiger partial charge in [0.2, 0.25) is 0 Å². The van der Waals surface area contributed by atoms with Crippen LogP contribution in [0.1, 0.15) is 0 Å². The van der Waals surface area contributed by atoms with Gasteiger partial charge in [0.1, 0.15) is 0 Å². The van der Waals surface area contributed by atoms with Crippen LogP contribution in [0.4, 0.5) is 0 Å². The molecule has 0 aromatic heterocycles. The van der Waals surface area contributed by atoms with Crippen molar-refractivity contribution in [2.75, 3.05) is 0 Å². The SMILES string of the molecule is O=[Si](O)O.O=[Si](O)O.O=[Si](O)O.O=[Si](O)O.O=[Si](O)O.[CaH2].[CaH2].[CaH2].[CaH2].[CaH2].[CaH2].[CaH2].[CaH2].[CaH2].[CaH2].[CaH2].[CaH2].[CaH2].[CaH2].[CaH2].[CaH2].[CaH2].[CaH2].[CaH2].[CaH2].[CaH2].[CaH2]. The van der Waals surface area contributed by atoms with Crippen LogP contribution in [0, 0.1) is 0 Å². The molecule has 42 heteroatoms. The van der Waals surface area contributed by atoms with Crippen molar-refractivity contribution in [3.63, 3.8) is 0 Å². The van der Waals surface area contributed by atoms with Crippen molar-refractivity contribution in [1.82, 2.24) is 0 Å². The fraction of sp³-hybridized carbons (Fsp3) is 0. The van der Waals surface area contributed by atoms with E-state index in [1.54, 1.807) is 0 Å². The summed E-state index contributed by atoms with van der Waals surface area (Å²) in [5.41, 5.74) is 0. The van der Waals surface area contributed by atoms with Crippen LogP contribution in [-0.4, -0.2) is 924 Å². The van der Waals surface area contributed by atoms with Crippen molar-refractivity contribution in [2.45, 2.75) is 0 Å². The molecule has 42 heavy (non-hydrogen) atoms. The minimum absolute atomic E-state index is 0. The molecule has 0 rings (SSSR count). The van der Waals surface area contributed by atoms with Gasteiger partial charge in [0.15, 0.2) is 0 Å². The van der Waals surface area contributed by atoms with E-state index in [1.807, 2.05) is 0 Å². The van der Waals surface area contributed by atoms with Gasteiger partial charge in [0.05, 0.1) is 0 Å². The van der Waals surface area contributed by atoms with Crippen molar-refractivity contribution in [3.05, 3.63) is 0 Å². The second-order valence-corrected chi connectivity index (χ2v) is 4.24. The zero-order chi connectivity index (χ0) is 17.9. The molecule has 0 saturated carbocycles. The fourth-order valence-electron chi connectivity index (χ4n) is 0. The van der Waals surface area contributed by atoms with Gasteiger partial charge in [-0.25, -0.2) is 0 Å². The van der Waals surface area contributed by atoms with Crippen molar-refractivity contribution in [2.24, 2.45) is 0 Å². The zero-order valence-corrected chi connectivity index (χ0v) is 14.0. The first-order valence-corrected chi connectivity index (χ1v) is 9.77. The quantitative estimate of drug-likeness (QED) is 0.101. The van der Waals surface area contributed by atoms with Crippen LogP contribution >= 0.6 is 0 Å². The van der Waals surface area contributed by atoms with Crippen molar-refractivity contribution >= 4 is 876 Å². The predicted octanol–water partition coefficient (Wildman–Crippen LogP) is -28.2. The topological polar surface area (TPSA) is 288 Å². The van der Waals surface area contributed by atoms with Crippen molar-refractivity contribution in [1.29, 1.82) is 0 Å². The molecule has 0 radical (unpaired) electrons. The van der Waals surface area contributed by atoms with Crippen LogP contribution in [0.2, 0.25) is 0 Å². The molecule has 0 unspecified atom stereocenters. The Balaban J connectivity index is -0.00000000237. The van der Waals surface area contributed by atoms with E-state index in [9.17, 15) is 0 Å². The van der Waals surface area contributed by atoms with Crippen LogP contribution in [0.15, 0.2) is 0 Å². The third-order valence-electron chi connectivity index (χ3n) is 0. The summed E-state index contributed by atoms with van der Waals surface area (Å²) in [6.07, 6.45) is 0. The number of hydrogen-bond donors (Lipinski definition) is 10. The Morgan fingerprint density at radius 3 is 0.167 bits per heavy atom. The van der Waals surface area contributed by atoms with E-state index in [4.69, 9.17) is 70.3 Å². The summed E-state index contributed by atoms with van der Waals surface area (Å²) in [5.74, 6) is 0. The summed E-state index contributed by atoms with van der Waals surface area (Å²) in [7, 11) is -15.6. The van der Waals surface area contributed by atoms with Crippen molar-refractivity contribution in [3.8, 4) is 0 Å². The molecule has 0 heterocycles. The molecule has 0 fully saturated rings. The summed E-state index contributed by atoms with van der Waals surface area (Å²) < 4.78 is 43.7. The Morgan fingerprint density at radius 1 is 0.167 bits per heavy atom. The summed E-state index contributed by atoms with van der Waals surface area (Å²) in [4.78, 5) is 71.6. The molecule has 0 bridgehead atoms. The average molecular weight is 1320 g/mol. The van der Waals surface area contributed by atoms with E-state index in [0.29, 0.717) is 0 Å². The Kier molecular flexibility index (Phi) is 752. The molecule has 208 valence electrons. The first kappa shape index (κ1) is 182. The van der Waals surface area contributed by atoms with Gasteiger partial charge >= 0.3 is 876 Å². The van der Waals surface area contributed by atoms with E-state index >= 15 is 0 Å². The fourth-order valence-corrected chi connectivity index (χ4v) is 0. The van der Waals surface area contributed by atoms with E-state index in [-0.39, 0.29) is 830 Å². The second-order valence-electron chi connectivity index (χ2n) is 1.41. The maximum atomic E-state index is 8.74. The molecule has 0 atom stereocenters. The van der Waals surface area contributed by atoms with Gasteiger partial charge in [-0.2, -0.15) is 0 Å². The molecule has 0 amide bonds. The van der Waals surface area contributed by atoms with Crippen LogP contribution in [0.25, 0.3) is 0 Å². The summed E-state index contributed by atoms with van der Waals surface area (Å²) in [6, 6.07) is 0. The average Bonchev–Trinajstić information content (AvgIpc) is 1.94. The monoisotopic (exact) mass is 1310 g/mol. The van der Waals surface area contributed by atoms with Crippen LogP contribution in [0.3, 0.4) is 0 Å². The molecule has 0 spiro atoms. The first-order valence-electron chi connectivity index (χ1n) is 3.26. The first-order chi connectivity index (χ1) is 8.66. The van der Waals surface area contributed by atoms with E-state index < -0.39 is 45.9 Å². The predicted molar refractivity (Wildman–Crippen MR) is 242 cm³/mol. The third kappa shape index (κ3) is 415. The van der Waals surface area contributed by atoms with Crippen LogP contribution in [0.5, 0.6) is 0 Å². The van der Waals surface area contributed by atoms with Gasteiger partial charge in [-0.05, 0) is 0 Å². The molecular formula is H54Ca22O15Si5. The van der Waals surface area contributed by atoms with Gasteiger partial charge < -0.3 is 48.0 Å². The summed E-state index contributed by atoms with van der Waals surface area (Å²) >= 11 is 0. The molecule has 0 aliphatic heterocycles. The molecular weight excluding hydrogens is 1260 g/mol. The standard InChI is InChI=1S/22Ca.5H2O3Si.44H/c;;;;;;;;;;;;;;;;;;;;;;5*1-4(2)3;;;;;;;;;;;;;;;;;;;;;;;;;;;;;;;;;;;;;;;;;;;;/h;;;;;;;;;;;;;;;;;;;;;;5*1-2H;;;;;;;;;;;;;;;;;;;;;;;;;;;;;;;;;;;;;;;;;;;;. The molecule has 0 aromatic carbocycles. The zero-order valence-electron chi connectivity index (χ0n) is 9.01. The summed E-state index contributed by atoms with van der Waals surface area (Å²) in [6.45, 7) is 0. The maximum absolute atomic E-state index is 8.74. The normalized spacial score (nSPS) is 2.86. The molecule has 0 aromatic rings. The van der Waals surface area contributed by atoms with Gasteiger partial charge in [0, 0.05) is 0 Å². The van der Waals surface area contributed by atoms with E-state index in [1.165, 1.54) is 0 Å². The third-order valence-corrected chi connectivity index (χ3v) is 0. The number of hydrogen-bond acceptors (Lipinski definition) is 5. The molecule has 0 saturated heterocycles. The Bertz CT molecular complexity index is 243. The van der Waals surface area contributed by atoms with E-state index in [2.05, 4.69) is 0 Å². The Morgan fingerprint density at radius 2 is 0.167 bits per heavy atom. The van der Waals surface area contributed by atoms with Crippen LogP contribution in [-0.2, 0) is 22.3 Å². The Hall–Kier alpha value is 25.8. The van der Waals surface area contributed by atoms with Gasteiger partial charge in [-0.3, -0.25) is 22.3 Å². The molecule has 0 aliphatic rings. The van der Waals surface area contributed by atoms with E-state index in [0.717, 1.165) is 0 Å². The van der Waals surface area contributed by atoms with Crippen LogP contribution < -0.4 is 0 Å². The Labute approximate surface area is 911 Å². The minimum atomic E-state index is -3.13. The molecule has 10 N–H and O–H groups in total. The molecule has 0 aliphatic carbocycles. The van der Waals surface area contributed by atoms with Gasteiger partial charge in [-0.15, -0.1) is 0 Å². The molecule has 15 nitrogen and oxygen atoms in total. The second kappa shape index (κ2) is 174.